The highest BCUT2D eigenvalue weighted by molar-refractivity contribution is 5.93. The van der Waals surface area contributed by atoms with E-state index in [0.29, 0.717) is 18.8 Å². The van der Waals surface area contributed by atoms with Crippen molar-refractivity contribution in [3.05, 3.63) is 29.8 Å². The number of hydrogen-bond donors (Lipinski definition) is 1. The summed E-state index contributed by atoms with van der Waals surface area (Å²) < 4.78 is 17.7. The van der Waals surface area contributed by atoms with Gasteiger partial charge in [0, 0.05) is 18.8 Å². The molecule has 0 aromatic carbocycles. The van der Waals surface area contributed by atoms with Gasteiger partial charge in [0.15, 0.2) is 0 Å². The standard InChI is InChI=1S/C11H15FN2O2/c1-3-16-7-8(2)14-11(15)9-4-5-10(12)13-6-9/h4-6,8H,3,7H2,1-2H3,(H,14,15). The van der Waals surface area contributed by atoms with Crippen LogP contribution in [0.1, 0.15) is 24.2 Å². The van der Waals surface area contributed by atoms with E-state index in [0.717, 1.165) is 6.07 Å². The molecule has 16 heavy (non-hydrogen) atoms. The molecule has 1 aromatic heterocycles. The smallest absolute Gasteiger partial charge is 0.253 e. The van der Waals surface area contributed by atoms with Crippen molar-refractivity contribution in [1.29, 1.82) is 0 Å². The van der Waals surface area contributed by atoms with Gasteiger partial charge in [-0.05, 0) is 26.0 Å². The Morgan fingerprint density at radius 2 is 2.38 bits per heavy atom. The van der Waals surface area contributed by atoms with E-state index in [1.54, 1.807) is 0 Å². The highest BCUT2D eigenvalue weighted by Gasteiger charge is 2.09. The summed E-state index contributed by atoms with van der Waals surface area (Å²) >= 11 is 0. The molecule has 0 bridgehead atoms. The number of pyridine rings is 1. The summed E-state index contributed by atoms with van der Waals surface area (Å²) in [5.74, 6) is -0.876. The third-order valence-corrected chi connectivity index (χ3v) is 1.94. The fourth-order valence-corrected chi connectivity index (χ4v) is 1.15. The average molecular weight is 226 g/mol. The molecule has 0 aliphatic rings. The largest absolute Gasteiger partial charge is 0.380 e. The van der Waals surface area contributed by atoms with Gasteiger partial charge in [-0.2, -0.15) is 4.39 Å². The number of rotatable bonds is 5. The Morgan fingerprint density at radius 1 is 1.62 bits per heavy atom. The molecule has 1 aromatic rings. The summed E-state index contributed by atoms with van der Waals surface area (Å²) in [4.78, 5) is 15.0. The molecule has 0 aliphatic heterocycles. The second kappa shape index (κ2) is 6.17. The van der Waals surface area contributed by atoms with Crippen LogP contribution >= 0.6 is 0 Å². The average Bonchev–Trinajstić information content (AvgIpc) is 2.27. The number of nitrogens with zero attached hydrogens (tertiary/aromatic N) is 1. The molecule has 0 aliphatic carbocycles. The molecule has 1 atom stereocenters. The van der Waals surface area contributed by atoms with Gasteiger partial charge in [0.1, 0.15) is 0 Å². The first-order valence-corrected chi connectivity index (χ1v) is 5.13. The molecular weight excluding hydrogens is 211 g/mol. The lowest BCUT2D eigenvalue weighted by Gasteiger charge is -2.13. The van der Waals surface area contributed by atoms with Gasteiger partial charge >= 0.3 is 0 Å². The highest BCUT2D eigenvalue weighted by Crippen LogP contribution is 1.99. The Morgan fingerprint density at radius 3 is 2.94 bits per heavy atom. The third-order valence-electron chi connectivity index (χ3n) is 1.94. The van der Waals surface area contributed by atoms with E-state index in [1.165, 1.54) is 12.3 Å². The van der Waals surface area contributed by atoms with E-state index < -0.39 is 5.95 Å². The molecule has 0 saturated carbocycles. The molecule has 5 heteroatoms. The van der Waals surface area contributed by atoms with E-state index in [2.05, 4.69) is 10.3 Å². The van der Waals surface area contributed by atoms with Crippen molar-refractivity contribution >= 4 is 5.91 Å². The molecule has 1 N–H and O–H groups in total. The van der Waals surface area contributed by atoms with Crippen LogP contribution in [0.2, 0.25) is 0 Å². The van der Waals surface area contributed by atoms with Crippen LogP contribution in [-0.2, 0) is 4.74 Å². The third kappa shape index (κ3) is 3.94. The Hall–Kier alpha value is -1.49. The maximum Gasteiger partial charge on any atom is 0.253 e. The number of carbonyl (C=O) groups is 1. The van der Waals surface area contributed by atoms with Crippen LogP contribution in [0.5, 0.6) is 0 Å². The Kier molecular flexibility index (Phi) is 4.85. The Balaban J connectivity index is 2.48. The van der Waals surface area contributed by atoms with Gasteiger partial charge in [-0.1, -0.05) is 0 Å². The monoisotopic (exact) mass is 226 g/mol. The van der Waals surface area contributed by atoms with Crippen LogP contribution in [-0.4, -0.2) is 30.1 Å². The molecule has 1 rings (SSSR count). The first-order chi connectivity index (χ1) is 7.63. The van der Waals surface area contributed by atoms with Gasteiger partial charge in [0.25, 0.3) is 5.91 Å². The van der Waals surface area contributed by atoms with Crippen molar-refractivity contribution in [2.24, 2.45) is 0 Å². The summed E-state index contributed by atoms with van der Waals surface area (Å²) in [5.41, 5.74) is 0.338. The van der Waals surface area contributed by atoms with E-state index in [-0.39, 0.29) is 11.9 Å². The Labute approximate surface area is 93.8 Å². The molecule has 1 unspecified atom stereocenters. The van der Waals surface area contributed by atoms with Crippen molar-refractivity contribution in [3.8, 4) is 0 Å². The molecule has 0 spiro atoms. The molecule has 88 valence electrons. The predicted molar refractivity (Wildman–Crippen MR) is 57.6 cm³/mol. The van der Waals surface area contributed by atoms with Gasteiger partial charge in [0.2, 0.25) is 5.95 Å². The molecule has 1 heterocycles. The van der Waals surface area contributed by atoms with Crippen molar-refractivity contribution in [2.75, 3.05) is 13.2 Å². The van der Waals surface area contributed by atoms with Crippen LogP contribution < -0.4 is 5.32 Å². The predicted octanol–water partition coefficient (Wildman–Crippen LogP) is 1.38. The van der Waals surface area contributed by atoms with Gasteiger partial charge in [0.05, 0.1) is 12.2 Å². The molecule has 0 radical (unpaired) electrons. The van der Waals surface area contributed by atoms with Crippen LogP contribution in [0.3, 0.4) is 0 Å². The molecule has 0 fully saturated rings. The van der Waals surface area contributed by atoms with E-state index >= 15 is 0 Å². The zero-order valence-electron chi connectivity index (χ0n) is 9.37. The quantitative estimate of drug-likeness (QED) is 0.771. The first-order valence-electron chi connectivity index (χ1n) is 5.13. The van der Waals surface area contributed by atoms with Crippen molar-refractivity contribution in [3.63, 3.8) is 0 Å². The lowest BCUT2D eigenvalue weighted by Crippen LogP contribution is -2.35. The van der Waals surface area contributed by atoms with E-state index in [1.807, 2.05) is 13.8 Å². The fourth-order valence-electron chi connectivity index (χ4n) is 1.15. The normalized spacial score (nSPS) is 12.2. The number of aromatic nitrogens is 1. The fraction of sp³-hybridized carbons (Fsp3) is 0.455. The minimum Gasteiger partial charge on any atom is -0.380 e. The van der Waals surface area contributed by atoms with Crippen molar-refractivity contribution in [2.45, 2.75) is 19.9 Å². The van der Waals surface area contributed by atoms with Crippen molar-refractivity contribution in [1.82, 2.24) is 10.3 Å². The number of ether oxygens (including phenoxy) is 1. The number of nitrogens with one attached hydrogen (secondary N) is 1. The van der Waals surface area contributed by atoms with Crippen LogP contribution in [0.25, 0.3) is 0 Å². The number of hydrogen-bond acceptors (Lipinski definition) is 3. The molecular formula is C11H15FN2O2. The summed E-state index contributed by atoms with van der Waals surface area (Å²) in [7, 11) is 0. The SMILES string of the molecule is CCOCC(C)NC(=O)c1ccc(F)nc1. The number of halogens is 1. The number of carbonyl (C=O) groups excluding carboxylic acids is 1. The van der Waals surface area contributed by atoms with E-state index in [9.17, 15) is 9.18 Å². The molecule has 4 nitrogen and oxygen atoms in total. The second-order valence-corrected chi connectivity index (χ2v) is 3.40. The minimum atomic E-state index is -0.598. The maximum atomic E-state index is 12.5. The summed E-state index contributed by atoms with van der Waals surface area (Å²) in [6.07, 6.45) is 1.21. The van der Waals surface area contributed by atoms with Crippen LogP contribution in [0.4, 0.5) is 4.39 Å². The zero-order valence-corrected chi connectivity index (χ0v) is 9.37. The lowest BCUT2D eigenvalue weighted by atomic mass is 10.2. The second-order valence-electron chi connectivity index (χ2n) is 3.40. The van der Waals surface area contributed by atoms with Crippen LogP contribution in [0.15, 0.2) is 18.3 Å². The van der Waals surface area contributed by atoms with Crippen molar-refractivity contribution < 1.29 is 13.9 Å². The molecule has 0 saturated heterocycles. The maximum absolute atomic E-state index is 12.5. The summed E-state index contributed by atoms with van der Waals surface area (Å²) in [5, 5.41) is 2.72. The van der Waals surface area contributed by atoms with Gasteiger partial charge < -0.3 is 10.1 Å². The lowest BCUT2D eigenvalue weighted by molar-refractivity contribution is 0.0871. The topological polar surface area (TPSA) is 51.2 Å². The number of amides is 1. The summed E-state index contributed by atoms with van der Waals surface area (Å²) in [6.45, 7) is 4.79. The first kappa shape index (κ1) is 12.6. The Bertz CT molecular complexity index is 340. The van der Waals surface area contributed by atoms with Gasteiger partial charge in [-0.3, -0.25) is 4.79 Å². The van der Waals surface area contributed by atoms with Gasteiger partial charge in [-0.25, -0.2) is 4.98 Å². The van der Waals surface area contributed by atoms with Crippen LogP contribution in [0, 0.1) is 5.95 Å². The van der Waals surface area contributed by atoms with Gasteiger partial charge in [-0.15, -0.1) is 0 Å². The minimum absolute atomic E-state index is 0.0856. The van der Waals surface area contributed by atoms with E-state index in [4.69, 9.17) is 4.74 Å². The highest BCUT2D eigenvalue weighted by atomic mass is 19.1. The zero-order chi connectivity index (χ0) is 12.0. The molecule has 1 amide bonds. The summed E-state index contributed by atoms with van der Waals surface area (Å²) in [6, 6.07) is 2.46.